The number of anilines is 1. The van der Waals surface area contributed by atoms with Gasteiger partial charge in [-0.15, -0.1) is 0 Å². The third-order valence-electron chi connectivity index (χ3n) is 5.77. The highest BCUT2D eigenvalue weighted by molar-refractivity contribution is 7.91. The molecule has 0 aromatic heterocycles. The third kappa shape index (κ3) is 4.27. The predicted molar refractivity (Wildman–Crippen MR) is 112 cm³/mol. The van der Waals surface area contributed by atoms with Gasteiger partial charge in [0.25, 0.3) is 5.91 Å². The summed E-state index contributed by atoms with van der Waals surface area (Å²) in [7, 11) is -3.96. The van der Waals surface area contributed by atoms with E-state index in [0.29, 0.717) is 13.1 Å². The molecule has 10 heteroatoms. The maximum absolute atomic E-state index is 13.4. The van der Waals surface area contributed by atoms with Crippen molar-refractivity contribution in [2.24, 2.45) is 0 Å². The normalized spacial score (nSPS) is 20.2. The van der Waals surface area contributed by atoms with E-state index in [1.807, 2.05) is 39.0 Å². The summed E-state index contributed by atoms with van der Waals surface area (Å²) in [5, 5.41) is 9.17. The highest BCUT2D eigenvalue weighted by Gasteiger charge is 2.54. The second-order valence-electron chi connectivity index (χ2n) is 8.06. The number of amides is 1. The van der Waals surface area contributed by atoms with Gasteiger partial charge < -0.3 is 14.4 Å². The highest BCUT2D eigenvalue weighted by Crippen LogP contribution is 2.34. The molecule has 1 amide bonds. The summed E-state index contributed by atoms with van der Waals surface area (Å²) in [5.41, 5.74) is 3.59. The molecule has 1 aromatic rings. The number of nitrogens with zero attached hydrogens (tertiary/aromatic N) is 2. The molecule has 2 N–H and O–H groups in total. The lowest BCUT2D eigenvalue weighted by atomic mass is 9.98. The van der Waals surface area contributed by atoms with Crippen LogP contribution in [0, 0.1) is 6.92 Å². The van der Waals surface area contributed by atoms with Crippen LogP contribution in [0.2, 0.25) is 0 Å². The van der Waals surface area contributed by atoms with E-state index in [4.69, 9.17) is 14.7 Å². The summed E-state index contributed by atoms with van der Waals surface area (Å²) in [4.78, 5) is 14.5. The Morgan fingerprint density at radius 1 is 1.20 bits per heavy atom. The van der Waals surface area contributed by atoms with E-state index in [1.54, 1.807) is 5.48 Å². The number of hydrogen-bond acceptors (Lipinski definition) is 7. The number of hydroxylamine groups is 1. The van der Waals surface area contributed by atoms with Crippen LogP contribution in [-0.4, -0.2) is 74.1 Å². The summed E-state index contributed by atoms with van der Waals surface area (Å²) in [6.07, 6.45) is 0.147. The molecule has 0 radical (unpaired) electrons. The molecule has 2 heterocycles. The first-order valence-electron chi connectivity index (χ1n) is 10.3. The fraction of sp³-hybridized carbons (Fsp3) is 0.650. The van der Waals surface area contributed by atoms with Gasteiger partial charge >= 0.3 is 0 Å². The number of aryl methyl sites for hydroxylation is 1. The van der Waals surface area contributed by atoms with E-state index in [1.165, 1.54) is 4.31 Å². The van der Waals surface area contributed by atoms with Crippen molar-refractivity contribution < 1.29 is 27.9 Å². The SMILES string of the molecule is Cc1cc(N2CCN(S(=O)(=O)C3(C(=O)NO)CCOCC3)CC2)ccc1OC(C)C. The highest BCUT2D eigenvalue weighted by atomic mass is 32.2. The summed E-state index contributed by atoms with van der Waals surface area (Å²) in [6, 6.07) is 5.96. The van der Waals surface area contributed by atoms with Crippen molar-refractivity contribution in [2.45, 2.75) is 44.5 Å². The molecule has 2 fully saturated rings. The van der Waals surface area contributed by atoms with Crippen LogP contribution in [0.5, 0.6) is 5.75 Å². The number of benzene rings is 1. The number of rotatable bonds is 6. The monoisotopic (exact) mass is 441 g/mol. The molecule has 168 valence electrons. The Morgan fingerprint density at radius 2 is 1.83 bits per heavy atom. The topological polar surface area (TPSA) is 108 Å². The van der Waals surface area contributed by atoms with E-state index in [2.05, 4.69) is 4.90 Å². The quantitative estimate of drug-likeness (QED) is 0.506. The van der Waals surface area contributed by atoms with Crippen LogP contribution in [-0.2, 0) is 19.6 Å². The largest absolute Gasteiger partial charge is 0.491 e. The average Bonchev–Trinajstić information content (AvgIpc) is 2.74. The number of sulfonamides is 1. The average molecular weight is 442 g/mol. The number of carbonyl (C=O) groups is 1. The van der Waals surface area contributed by atoms with Gasteiger partial charge in [0.1, 0.15) is 5.75 Å². The van der Waals surface area contributed by atoms with Gasteiger partial charge in [0.05, 0.1) is 6.10 Å². The third-order valence-corrected chi connectivity index (χ3v) is 8.40. The Labute approximate surface area is 177 Å². The Hall–Kier alpha value is -1.88. The van der Waals surface area contributed by atoms with E-state index in [9.17, 15) is 13.2 Å². The van der Waals surface area contributed by atoms with Crippen molar-refractivity contribution in [2.75, 3.05) is 44.3 Å². The number of ether oxygens (including phenoxy) is 2. The molecule has 2 aliphatic rings. The summed E-state index contributed by atoms with van der Waals surface area (Å²) >= 11 is 0. The van der Waals surface area contributed by atoms with Gasteiger partial charge in [-0.05, 0) is 44.5 Å². The zero-order chi connectivity index (χ0) is 21.9. The molecule has 9 nitrogen and oxygen atoms in total. The van der Waals surface area contributed by atoms with Crippen LogP contribution >= 0.6 is 0 Å². The first-order valence-corrected chi connectivity index (χ1v) is 11.7. The molecule has 3 rings (SSSR count). The van der Waals surface area contributed by atoms with Crippen molar-refractivity contribution >= 4 is 21.6 Å². The number of nitrogens with one attached hydrogen (secondary N) is 1. The van der Waals surface area contributed by atoms with Gasteiger partial charge in [-0.25, -0.2) is 13.9 Å². The molecule has 0 unspecified atom stereocenters. The summed E-state index contributed by atoms with van der Waals surface area (Å²) in [6.45, 7) is 7.84. The van der Waals surface area contributed by atoms with Crippen LogP contribution in [0.3, 0.4) is 0 Å². The minimum Gasteiger partial charge on any atom is -0.491 e. The van der Waals surface area contributed by atoms with E-state index in [0.717, 1.165) is 17.0 Å². The van der Waals surface area contributed by atoms with Gasteiger partial charge in [-0.1, -0.05) is 0 Å². The molecule has 1 aromatic carbocycles. The minimum absolute atomic E-state index is 0.0262. The maximum atomic E-state index is 13.4. The van der Waals surface area contributed by atoms with Gasteiger partial charge in [0.15, 0.2) is 4.75 Å². The first-order chi connectivity index (χ1) is 14.2. The molecular weight excluding hydrogens is 410 g/mol. The van der Waals surface area contributed by atoms with E-state index in [-0.39, 0.29) is 45.2 Å². The summed E-state index contributed by atoms with van der Waals surface area (Å²) < 4.78 is 37.5. The fourth-order valence-electron chi connectivity index (χ4n) is 4.06. The van der Waals surface area contributed by atoms with E-state index >= 15 is 0 Å². The van der Waals surface area contributed by atoms with Gasteiger partial charge in [0.2, 0.25) is 10.0 Å². The van der Waals surface area contributed by atoms with Crippen molar-refractivity contribution in [1.29, 1.82) is 0 Å². The molecule has 0 saturated carbocycles. The van der Waals surface area contributed by atoms with Crippen LogP contribution in [0.15, 0.2) is 18.2 Å². The van der Waals surface area contributed by atoms with Crippen LogP contribution in [0.4, 0.5) is 5.69 Å². The Bertz CT molecular complexity index is 859. The molecule has 0 aliphatic carbocycles. The second-order valence-corrected chi connectivity index (χ2v) is 10.3. The molecule has 0 atom stereocenters. The lowest BCUT2D eigenvalue weighted by Crippen LogP contribution is -2.62. The standard InChI is InChI=1S/C20H31N3O6S/c1-15(2)29-18-5-4-17(14-16(18)3)22-8-10-23(11-9-22)30(26,27)20(19(24)21-25)6-12-28-13-7-20/h4-5,14-15,25H,6-13H2,1-3H3,(H,21,24). The molecule has 0 bridgehead atoms. The molecule has 2 aliphatic heterocycles. The molecule has 0 spiro atoms. The number of piperazine rings is 1. The van der Waals surface area contributed by atoms with E-state index < -0.39 is 20.7 Å². The molecule has 2 saturated heterocycles. The maximum Gasteiger partial charge on any atom is 0.266 e. The lowest BCUT2D eigenvalue weighted by Gasteiger charge is -2.42. The van der Waals surface area contributed by atoms with Gasteiger partial charge in [-0.3, -0.25) is 10.0 Å². The van der Waals surface area contributed by atoms with Crippen molar-refractivity contribution in [3.8, 4) is 5.75 Å². The van der Waals surface area contributed by atoms with Gasteiger partial charge in [0, 0.05) is 57.9 Å². The zero-order valence-corrected chi connectivity index (χ0v) is 18.6. The smallest absolute Gasteiger partial charge is 0.266 e. The minimum atomic E-state index is -3.96. The van der Waals surface area contributed by atoms with Crippen LogP contribution in [0.1, 0.15) is 32.3 Å². The fourth-order valence-corrected chi connectivity index (χ4v) is 6.16. The van der Waals surface area contributed by atoms with Gasteiger partial charge in [-0.2, -0.15) is 4.31 Å². The number of hydrogen-bond donors (Lipinski definition) is 2. The van der Waals surface area contributed by atoms with Crippen molar-refractivity contribution in [1.82, 2.24) is 9.79 Å². The number of carbonyl (C=O) groups excluding carboxylic acids is 1. The van der Waals surface area contributed by atoms with Crippen LogP contribution in [0.25, 0.3) is 0 Å². The first kappa shape index (κ1) is 22.8. The van der Waals surface area contributed by atoms with Crippen LogP contribution < -0.4 is 15.1 Å². The van der Waals surface area contributed by atoms with Crippen molar-refractivity contribution in [3.05, 3.63) is 23.8 Å². The molecule has 30 heavy (non-hydrogen) atoms. The Kier molecular flexibility index (Phi) is 6.91. The predicted octanol–water partition coefficient (Wildman–Crippen LogP) is 1.29. The Balaban J connectivity index is 1.73. The zero-order valence-electron chi connectivity index (χ0n) is 17.8. The molecular formula is C20H31N3O6S. The van der Waals surface area contributed by atoms with Crippen molar-refractivity contribution in [3.63, 3.8) is 0 Å². The second kappa shape index (κ2) is 9.09. The lowest BCUT2D eigenvalue weighted by molar-refractivity contribution is -0.134. The summed E-state index contributed by atoms with van der Waals surface area (Å²) in [5.74, 6) is -0.0453. The Morgan fingerprint density at radius 3 is 2.37 bits per heavy atom.